The molecule has 0 radical (unpaired) electrons. The Balaban J connectivity index is 2.62. The van der Waals surface area contributed by atoms with Gasteiger partial charge in [-0.1, -0.05) is 0 Å². The fourth-order valence-corrected chi connectivity index (χ4v) is 3.88. The first-order chi connectivity index (χ1) is 5.54. The predicted molar refractivity (Wildman–Crippen MR) is 49.2 cm³/mol. The molecule has 12 heavy (non-hydrogen) atoms. The molecule has 2 unspecified atom stereocenters. The SMILES string of the molecule is COC1(C)CCC[Si](C)(OC)O1. The van der Waals surface area contributed by atoms with Gasteiger partial charge in [-0.25, -0.2) is 0 Å². The van der Waals surface area contributed by atoms with E-state index in [1.54, 1.807) is 14.2 Å². The van der Waals surface area contributed by atoms with Crippen molar-refractivity contribution in [2.45, 2.75) is 38.1 Å². The minimum absolute atomic E-state index is 0.408. The summed E-state index contributed by atoms with van der Waals surface area (Å²) in [7, 11) is 1.53. The van der Waals surface area contributed by atoms with Crippen LogP contribution in [0.4, 0.5) is 0 Å². The van der Waals surface area contributed by atoms with E-state index in [4.69, 9.17) is 13.6 Å². The Labute approximate surface area is 75.3 Å². The molecular weight excluding hydrogens is 172 g/mol. The fourth-order valence-electron chi connectivity index (χ4n) is 1.58. The monoisotopic (exact) mass is 190 g/mol. The molecule has 4 heteroatoms. The summed E-state index contributed by atoms with van der Waals surface area (Å²) >= 11 is 0. The predicted octanol–water partition coefficient (Wildman–Crippen LogP) is 1.88. The molecule has 0 aromatic rings. The minimum Gasteiger partial charge on any atom is -0.398 e. The lowest BCUT2D eigenvalue weighted by Crippen LogP contribution is -2.51. The lowest BCUT2D eigenvalue weighted by atomic mass is 10.2. The minimum atomic E-state index is -1.89. The van der Waals surface area contributed by atoms with Crippen molar-refractivity contribution in [2.75, 3.05) is 14.2 Å². The lowest BCUT2D eigenvalue weighted by molar-refractivity contribution is -0.178. The molecule has 0 N–H and O–H groups in total. The van der Waals surface area contributed by atoms with Gasteiger partial charge in [0.1, 0.15) is 0 Å². The number of rotatable bonds is 2. The van der Waals surface area contributed by atoms with E-state index < -0.39 is 14.3 Å². The van der Waals surface area contributed by atoms with Gasteiger partial charge in [0.05, 0.1) is 0 Å². The van der Waals surface area contributed by atoms with Crippen LogP contribution in [0.25, 0.3) is 0 Å². The van der Waals surface area contributed by atoms with E-state index in [0.29, 0.717) is 0 Å². The molecule has 0 amide bonds. The highest BCUT2D eigenvalue weighted by molar-refractivity contribution is 6.66. The Morgan fingerprint density at radius 2 is 2.08 bits per heavy atom. The highest BCUT2D eigenvalue weighted by Gasteiger charge is 2.43. The van der Waals surface area contributed by atoms with Crippen molar-refractivity contribution in [3.63, 3.8) is 0 Å². The van der Waals surface area contributed by atoms with Crippen LogP contribution in [0.3, 0.4) is 0 Å². The Hall–Kier alpha value is 0.0969. The molecule has 0 bridgehead atoms. The van der Waals surface area contributed by atoms with Crippen molar-refractivity contribution < 1.29 is 13.6 Å². The molecule has 2 atom stereocenters. The van der Waals surface area contributed by atoms with Crippen LogP contribution in [-0.2, 0) is 13.6 Å². The van der Waals surface area contributed by atoms with Gasteiger partial charge in [-0.15, -0.1) is 0 Å². The number of ether oxygens (including phenoxy) is 1. The molecule has 0 aromatic heterocycles. The molecule has 1 saturated heterocycles. The van der Waals surface area contributed by atoms with Gasteiger partial charge < -0.3 is 13.6 Å². The van der Waals surface area contributed by atoms with Gasteiger partial charge in [0.15, 0.2) is 5.79 Å². The first-order valence-corrected chi connectivity index (χ1v) is 6.86. The third-order valence-corrected chi connectivity index (χ3v) is 5.55. The Kier molecular flexibility index (Phi) is 2.93. The molecule has 1 aliphatic rings. The lowest BCUT2D eigenvalue weighted by Gasteiger charge is -2.41. The second kappa shape index (κ2) is 3.45. The highest BCUT2D eigenvalue weighted by Crippen LogP contribution is 2.33. The summed E-state index contributed by atoms with van der Waals surface area (Å²) in [5, 5.41) is 0. The molecular formula is C8H18O3Si. The van der Waals surface area contributed by atoms with Gasteiger partial charge in [-0.3, -0.25) is 0 Å². The van der Waals surface area contributed by atoms with E-state index in [9.17, 15) is 0 Å². The Bertz CT molecular complexity index is 148. The molecule has 1 rings (SSSR count). The van der Waals surface area contributed by atoms with Gasteiger partial charge in [0.25, 0.3) is 0 Å². The van der Waals surface area contributed by atoms with Crippen molar-refractivity contribution in [3.8, 4) is 0 Å². The quantitative estimate of drug-likeness (QED) is 0.622. The van der Waals surface area contributed by atoms with Crippen LogP contribution in [0, 0.1) is 0 Å². The van der Waals surface area contributed by atoms with E-state index in [0.717, 1.165) is 18.9 Å². The van der Waals surface area contributed by atoms with Crippen molar-refractivity contribution >= 4 is 8.56 Å². The van der Waals surface area contributed by atoms with Crippen molar-refractivity contribution in [1.29, 1.82) is 0 Å². The zero-order valence-corrected chi connectivity index (χ0v) is 9.35. The van der Waals surface area contributed by atoms with Crippen LogP contribution in [0.1, 0.15) is 19.8 Å². The van der Waals surface area contributed by atoms with E-state index >= 15 is 0 Å². The summed E-state index contributed by atoms with van der Waals surface area (Å²) in [6.45, 7) is 4.07. The molecule has 1 fully saturated rings. The molecule has 1 heterocycles. The summed E-state index contributed by atoms with van der Waals surface area (Å²) < 4.78 is 16.6. The zero-order chi connectivity index (χ0) is 9.24. The standard InChI is InChI=1S/C8H18O3Si/c1-8(9-2)6-5-7-12(4,10-3)11-8/h5-7H2,1-4H3. The summed E-state index contributed by atoms with van der Waals surface area (Å²) in [6, 6.07) is 1.07. The number of methoxy groups -OCH3 is 1. The van der Waals surface area contributed by atoms with Crippen LogP contribution in [-0.4, -0.2) is 28.6 Å². The van der Waals surface area contributed by atoms with Crippen LogP contribution >= 0.6 is 0 Å². The number of hydrogen-bond donors (Lipinski definition) is 0. The number of hydrogen-bond acceptors (Lipinski definition) is 3. The fraction of sp³-hybridized carbons (Fsp3) is 1.00. The van der Waals surface area contributed by atoms with Gasteiger partial charge in [0, 0.05) is 20.6 Å². The smallest absolute Gasteiger partial charge is 0.336 e. The third-order valence-electron chi connectivity index (χ3n) is 2.56. The molecule has 1 aliphatic heterocycles. The van der Waals surface area contributed by atoms with E-state index in [2.05, 4.69) is 6.55 Å². The maximum absolute atomic E-state index is 5.85. The van der Waals surface area contributed by atoms with Gasteiger partial charge >= 0.3 is 8.56 Å². The Morgan fingerprint density at radius 3 is 2.58 bits per heavy atom. The summed E-state index contributed by atoms with van der Waals surface area (Å²) in [6.07, 6.45) is 2.11. The zero-order valence-electron chi connectivity index (χ0n) is 8.35. The maximum Gasteiger partial charge on any atom is 0.336 e. The summed E-state index contributed by atoms with van der Waals surface area (Å²) in [4.78, 5) is 0. The molecule has 3 nitrogen and oxygen atoms in total. The van der Waals surface area contributed by atoms with E-state index in [1.165, 1.54) is 0 Å². The summed E-state index contributed by atoms with van der Waals surface area (Å²) in [5.41, 5.74) is 0. The Morgan fingerprint density at radius 1 is 1.42 bits per heavy atom. The van der Waals surface area contributed by atoms with Crippen molar-refractivity contribution in [1.82, 2.24) is 0 Å². The van der Waals surface area contributed by atoms with Crippen LogP contribution < -0.4 is 0 Å². The first kappa shape index (κ1) is 10.2. The van der Waals surface area contributed by atoms with E-state index in [1.807, 2.05) is 6.92 Å². The average Bonchev–Trinajstić information content (AvgIpc) is 2.05. The molecule has 0 aromatic carbocycles. The van der Waals surface area contributed by atoms with Gasteiger partial charge in [-0.2, -0.15) is 0 Å². The van der Waals surface area contributed by atoms with Crippen LogP contribution in [0.5, 0.6) is 0 Å². The molecule has 0 spiro atoms. The maximum atomic E-state index is 5.85. The van der Waals surface area contributed by atoms with E-state index in [-0.39, 0.29) is 0 Å². The summed E-state index contributed by atoms with van der Waals surface area (Å²) in [5.74, 6) is -0.408. The second-order valence-corrected chi connectivity index (χ2v) is 7.01. The average molecular weight is 190 g/mol. The van der Waals surface area contributed by atoms with Crippen molar-refractivity contribution in [2.24, 2.45) is 0 Å². The van der Waals surface area contributed by atoms with Gasteiger partial charge in [-0.05, 0) is 25.9 Å². The normalized spacial score (nSPS) is 43.0. The van der Waals surface area contributed by atoms with Crippen LogP contribution in [0.2, 0.25) is 12.6 Å². The van der Waals surface area contributed by atoms with Crippen molar-refractivity contribution in [3.05, 3.63) is 0 Å². The largest absolute Gasteiger partial charge is 0.398 e. The molecule has 0 aliphatic carbocycles. The second-order valence-electron chi connectivity index (χ2n) is 3.63. The van der Waals surface area contributed by atoms with Crippen LogP contribution in [0.15, 0.2) is 0 Å². The molecule has 72 valence electrons. The topological polar surface area (TPSA) is 27.7 Å². The molecule has 0 saturated carbocycles. The highest BCUT2D eigenvalue weighted by atomic mass is 28.4. The first-order valence-electron chi connectivity index (χ1n) is 4.34. The van der Waals surface area contributed by atoms with Gasteiger partial charge in [0.2, 0.25) is 0 Å². The third kappa shape index (κ3) is 2.07.